The van der Waals surface area contributed by atoms with Crippen LogP contribution in [0.5, 0.6) is 0 Å². The number of nitrogens with one attached hydrogen (secondary N) is 1. The Bertz CT molecular complexity index is 440. The van der Waals surface area contributed by atoms with Crippen LogP contribution in [0.2, 0.25) is 0 Å². The molecule has 3 aliphatic carbocycles. The largest absolute Gasteiger partial charge is 0.378 e. The monoisotopic (exact) mass is 461 g/mol. The van der Waals surface area contributed by atoms with E-state index in [1.165, 1.54) is 51.4 Å². The van der Waals surface area contributed by atoms with Crippen molar-refractivity contribution < 1.29 is 4.74 Å². The Morgan fingerprint density at radius 1 is 1.04 bits per heavy atom. The zero-order chi connectivity index (χ0) is 16.4. The van der Waals surface area contributed by atoms with Crippen molar-refractivity contribution in [2.75, 3.05) is 26.7 Å². The number of aliphatic imine (C=N–C) groups is 1. The molecule has 4 nitrogen and oxygen atoms in total. The van der Waals surface area contributed by atoms with Crippen LogP contribution >= 0.6 is 24.0 Å². The van der Waals surface area contributed by atoms with E-state index in [1.807, 2.05) is 7.05 Å². The number of hydrogen-bond acceptors (Lipinski definition) is 2. The lowest BCUT2D eigenvalue weighted by molar-refractivity contribution is 0.0131. The van der Waals surface area contributed by atoms with Crippen LogP contribution in [0.25, 0.3) is 0 Å². The Hall–Kier alpha value is -0.0400. The molecule has 2 atom stereocenters. The quantitative estimate of drug-likeness (QED) is 0.382. The second-order valence-corrected chi connectivity index (χ2v) is 8.56. The van der Waals surface area contributed by atoms with E-state index in [0.717, 1.165) is 56.3 Å². The lowest BCUT2D eigenvalue weighted by Crippen LogP contribution is -2.48. The van der Waals surface area contributed by atoms with Gasteiger partial charge in [0.1, 0.15) is 0 Å². The lowest BCUT2D eigenvalue weighted by Gasteiger charge is -2.34. The summed E-state index contributed by atoms with van der Waals surface area (Å²) in [7, 11) is 1.94. The standard InChI is InChI=1S/C20H35N3O.HI/c1-21-20(22-19-13-18(19)16-5-3-2-4-6-16)23-11-9-17(10-12-23)24-14-15-7-8-15;/h15-19H,2-14H2,1H3,(H,21,22);1H. The minimum Gasteiger partial charge on any atom is -0.378 e. The molecule has 144 valence electrons. The molecular weight excluding hydrogens is 425 g/mol. The molecule has 1 aliphatic heterocycles. The summed E-state index contributed by atoms with van der Waals surface area (Å²) >= 11 is 0. The Kier molecular flexibility index (Phi) is 7.29. The maximum Gasteiger partial charge on any atom is 0.193 e. The number of nitrogens with zero attached hydrogens (tertiary/aromatic N) is 2. The molecule has 25 heavy (non-hydrogen) atoms. The zero-order valence-electron chi connectivity index (χ0n) is 15.8. The normalized spacial score (nSPS) is 31.6. The van der Waals surface area contributed by atoms with E-state index in [0.29, 0.717) is 12.1 Å². The number of piperidine rings is 1. The first-order valence-electron chi connectivity index (χ1n) is 10.4. The van der Waals surface area contributed by atoms with Crippen molar-refractivity contribution in [1.82, 2.24) is 10.2 Å². The highest BCUT2D eigenvalue weighted by atomic mass is 127. The van der Waals surface area contributed by atoms with Crippen molar-refractivity contribution in [3.63, 3.8) is 0 Å². The summed E-state index contributed by atoms with van der Waals surface area (Å²) in [6.45, 7) is 3.19. The van der Waals surface area contributed by atoms with E-state index in [1.54, 1.807) is 0 Å². The van der Waals surface area contributed by atoms with Gasteiger partial charge in [-0.1, -0.05) is 32.1 Å². The highest BCUT2D eigenvalue weighted by molar-refractivity contribution is 14.0. The van der Waals surface area contributed by atoms with Gasteiger partial charge in [-0.25, -0.2) is 0 Å². The van der Waals surface area contributed by atoms with Crippen LogP contribution in [0, 0.1) is 17.8 Å². The van der Waals surface area contributed by atoms with Crippen molar-refractivity contribution in [2.45, 2.75) is 76.4 Å². The van der Waals surface area contributed by atoms with Crippen LogP contribution in [0.4, 0.5) is 0 Å². The highest BCUT2D eigenvalue weighted by Gasteiger charge is 2.44. The number of hydrogen-bond donors (Lipinski definition) is 1. The molecule has 0 aromatic heterocycles. The number of likely N-dealkylation sites (tertiary alicyclic amines) is 1. The highest BCUT2D eigenvalue weighted by Crippen LogP contribution is 2.44. The van der Waals surface area contributed by atoms with Gasteiger partial charge >= 0.3 is 0 Å². The fourth-order valence-corrected chi connectivity index (χ4v) is 4.72. The summed E-state index contributed by atoms with van der Waals surface area (Å²) in [5, 5.41) is 3.77. The van der Waals surface area contributed by atoms with Gasteiger partial charge in [0.2, 0.25) is 0 Å². The maximum absolute atomic E-state index is 6.07. The average Bonchev–Trinajstić information content (AvgIpc) is 3.55. The van der Waals surface area contributed by atoms with Crippen LogP contribution in [0.15, 0.2) is 4.99 Å². The topological polar surface area (TPSA) is 36.9 Å². The predicted octanol–water partition coefficient (Wildman–Crippen LogP) is 4.04. The molecule has 1 N–H and O–H groups in total. The minimum atomic E-state index is 0. The number of rotatable bonds is 5. The molecule has 0 bridgehead atoms. The fraction of sp³-hybridized carbons (Fsp3) is 0.950. The van der Waals surface area contributed by atoms with Gasteiger partial charge < -0.3 is 15.0 Å². The second kappa shape index (κ2) is 9.25. The molecule has 4 rings (SSSR count). The molecule has 2 unspecified atom stereocenters. The predicted molar refractivity (Wildman–Crippen MR) is 114 cm³/mol. The third kappa shape index (κ3) is 5.47. The third-order valence-corrected chi connectivity index (χ3v) is 6.63. The van der Waals surface area contributed by atoms with E-state index >= 15 is 0 Å². The van der Waals surface area contributed by atoms with Crippen molar-refractivity contribution in [3.8, 4) is 0 Å². The van der Waals surface area contributed by atoms with E-state index in [-0.39, 0.29) is 24.0 Å². The summed E-state index contributed by atoms with van der Waals surface area (Å²) < 4.78 is 6.07. The Balaban J connectivity index is 0.00000182. The molecule has 5 heteroatoms. The summed E-state index contributed by atoms with van der Waals surface area (Å²) in [6.07, 6.45) is 14.2. The summed E-state index contributed by atoms with van der Waals surface area (Å²) in [5.74, 6) is 3.92. The van der Waals surface area contributed by atoms with Crippen LogP contribution in [0.1, 0.15) is 64.2 Å². The number of guanidine groups is 1. The van der Waals surface area contributed by atoms with Gasteiger partial charge in [0, 0.05) is 32.8 Å². The first kappa shape index (κ1) is 19.7. The van der Waals surface area contributed by atoms with Crippen molar-refractivity contribution in [2.24, 2.45) is 22.7 Å². The van der Waals surface area contributed by atoms with E-state index in [9.17, 15) is 0 Å². The average molecular weight is 461 g/mol. The molecule has 0 aromatic carbocycles. The van der Waals surface area contributed by atoms with Gasteiger partial charge in [0.25, 0.3) is 0 Å². The minimum absolute atomic E-state index is 0. The fourth-order valence-electron chi connectivity index (χ4n) is 4.72. The smallest absolute Gasteiger partial charge is 0.193 e. The Morgan fingerprint density at radius 3 is 2.40 bits per heavy atom. The molecule has 0 radical (unpaired) electrons. The molecule has 1 saturated heterocycles. The third-order valence-electron chi connectivity index (χ3n) is 6.63. The number of ether oxygens (including phenoxy) is 1. The molecule has 1 heterocycles. The summed E-state index contributed by atoms with van der Waals surface area (Å²) in [6, 6.07) is 0.690. The van der Waals surface area contributed by atoms with E-state index in [2.05, 4.69) is 15.2 Å². The summed E-state index contributed by atoms with van der Waals surface area (Å²) in [5.41, 5.74) is 0. The molecular formula is C20H36IN3O. The zero-order valence-corrected chi connectivity index (χ0v) is 18.1. The molecule has 4 fully saturated rings. The van der Waals surface area contributed by atoms with E-state index in [4.69, 9.17) is 4.74 Å². The van der Waals surface area contributed by atoms with Gasteiger partial charge in [0.05, 0.1) is 6.10 Å². The van der Waals surface area contributed by atoms with Crippen LogP contribution in [0.3, 0.4) is 0 Å². The first-order chi connectivity index (χ1) is 11.8. The molecule has 3 saturated carbocycles. The molecule has 0 amide bonds. The SMILES string of the molecule is CN=C(NC1CC1C1CCCCC1)N1CCC(OCC2CC2)CC1.I. The lowest BCUT2D eigenvalue weighted by atomic mass is 9.85. The maximum atomic E-state index is 6.07. The molecule has 0 aromatic rings. The van der Waals surface area contributed by atoms with Gasteiger partial charge in [-0.15, -0.1) is 24.0 Å². The molecule has 0 spiro atoms. The van der Waals surface area contributed by atoms with Crippen molar-refractivity contribution in [1.29, 1.82) is 0 Å². The van der Waals surface area contributed by atoms with Gasteiger partial charge in [-0.05, 0) is 49.9 Å². The summed E-state index contributed by atoms with van der Waals surface area (Å²) in [4.78, 5) is 7.02. The van der Waals surface area contributed by atoms with Crippen molar-refractivity contribution >= 4 is 29.9 Å². The second-order valence-electron chi connectivity index (χ2n) is 8.56. The van der Waals surface area contributed by atoms with Crippen molar-refractivity contribution in [3.05, 3.63) is 0 Å². The van der Waals surface area contributed by atoms with E-state index < -0.39 is 0 Å². The number of halogens is 1. The van der Waals surface area contributed by atoms with Crippen LogP contribution < -0.4 is 5.32 Å². The van der Waals surface area contributed by atoms with Crippen LogP contribution in [-0.2, 0) is 4.74 Å². The van der Waals surface area contributed by atoms with Crippen LogP contribution in [-0.4, -0.2) is 49.7 Å². The first-order valence-corrected chi connectivity index (χ1v) is 10.4. The Morgan fingerprint density at radius 2 is 1.76 bits per heavy atom. The van der Waals surface area contributed by atoms with Gasteiger partial charge in [0.15, 0.2) is 5.96 Å². The Labute approximate surface area is 170 Å². The van der Waals surface area contributed by atoms with Gasteiger partial charge in [-0.2, -0.15) is 0 Å². The molecule has 4 aliphatic rings. The van der Waals surface area contributed by atoms with Gasteiger partial charge in [-0.3, -0.25) is 4.99 Å².